The predicted molar refractivity (Wildman–Crippen MR) is 125 cm³/mol. The topological polar surface area (TPSA) is 88.3 Å². The van der Waals surface area contributed by atoms with Crippen molar-refractivity contribution in [1.82, 2.24) is 20.2 Å². The van der Waals surface area contributed by atoms with E-state index in [1.165, 1.54) is 0 Å². The summed E-state index contributed by atoms with van der Waals surface area (Å²) in [5.74, 6) is 0.393. The quantitative estimate of drug-likeness (QED) is 0.500. The molecular weight excluding hydrogens is 416 g/mol. The lowest BCUT2D eigenvalue weighted by atomic mass is 10.1. The number of hydrogen-bond acceptors (Lipinski definition) is 5. The van der Waals surface area contributed by atoms with Crippen LogP contribution in [0.15, 0.2) is 77.5 Å². The van der Waals surface area contributed by atoms with E-state index in [-0.39, 0.29) is 23.9 Å². The minimum atomic E-state index is -0.105. The normalized spacial score (nSPS) is 17.7. The summed E-state index contributed by atoms with van der Waals surface area (Å²) in [7, 11) is 1.83. The van der Waals surface area contributed by atoms with Crippen LogP contribution in [0, 0.1) is 0 Å². The van der Waals surface area contributed by atoms with Gasteiger partial charge < -0.3 is 14.6 Å². The third kappa shape index (κ3) is 4.35. The van der Waals surface area contributed by atoms with Gasteiger partial charge in [-0.25, -0.2) is 4.98 Å². The number of para-hydroxylation sites is 2. The number of carbonyl (C=O) groups is 2. The molecular formula is C26H24N4O3. The van der Waals surface area contributed by atoms with Crippen molar-refractivity contribution in [3.63, 3.8) is 0 Å². The summed E-state index contributed by atoms with van der Waals surface area (Å²) in [6.07, 6.45) is 5.64. The minimum Gasteiger partial charge on any atom is -0.436 e. The molecule has 0 saturated heterocycles. The average Bonchev–Trinajstić information content (AvgIpc) is 3.51. The molecule has 33 heavy (non-hydrogen) atoms. The molecule has 1 fully saturated rings. The number of aromatic nitrogens is 2. The van der Waals surface area contributed by atoms with Gasteiger partial charge in [-0.3, -0.25) is 14.6 Å². The van der Waals surface area contributed by atoms with E-state index in [2.05, 4.69) is 15.3 Å². The van der Waals surface area contributed by atoms with Crippen molar-refractivity contribution < 1.29 is 14.0 Å². The minimum absolute atomic E-state index is 0.0368. The van der Waals surface area contributed by atoms with Crippen molar-refractivity contribution in [1.29, 1.82) is 0 Å². The zero-order chi connectivity index (χ0) is 22.8. The van der Waals surface area contributed by atoms with Gasteiger partial charge in [-0.2, -0.15) is 0 Å². The molecule has 166 valence electrons. The molecule has 1 aliphatic rings. The lowest BCUT2D eigenvalue weighted by Gasteiger charge is -2.25. The summed E-state index contributed by atoms with van der Waals surface area (Å²) in [6.45, 7) is 0. The van der Waals surface area contributed by atoms with Crippen molar-refractivity contribution >= 4 is 22.9 Å². The van der Waals surface area contributed by atoms with Gasteiger partial charge in [0.25, 0.3) is 11.8 Å². The van der Waals surface area contributed by atoms with Crippen molar-refractivity contribution in [3.05, 3.63) is 84.2 Å². The molecule has 0 aliphatic heterocycles. The van der Waals surface area contributed by atoms with Gasteiger partial charge in [0.2, 0.25) is 5.89 Å². The Morgan fingerprint density at radius 3 is 2.48 bits per heavy atom. The third-order valence-corrected chi connectivity index (χ3v) is 6.22. The Morgan fingerprint density at radius 2 is 1.73 bits per heavy atom. The summed E-state index contributed by atoms with van der Waals surface area (Å²) in [6, 6.07) is 18.5. The Bertz CT molecular complexity index is 1250. The fourth-order valence-corrected chi connectivity index (χ4v) is 4.33. The summed E-state index contributed by atoms with van der Waals surface area (Å²) in [4.78, 5) is 35.7. The van der Waals surface area contributed by atoms with Gasteiger partial charge in [0, 0.05) is 48.2 Å². The van der Waals surface area contributed by atoms with Crippen LogP contribution in [0.25, 0.3) is 22.6 Å². The van der Waals surface area contributed by atoms with Gasteiger partial charge >= 0.3 is 0 Å². The van der Waals surface area contributed by atoms with Crippen LogP contribution in [0.3, 0.4) is 0 Å². The molecule has 1 N–H and O–H groups in total. The molecule has 2 atom stereocenters. The largest absolute Gasteiger partial charge is 0.436 e. The second kappa shape index (κ2) is 8.86. The standard InChI is InChI=1S/C26H24N4O3/c1-30(21-11-10-20(16-21)28-24(31)17-12-14-27-15-13-17)26(32)19-8-6-18(7-9-19)25-29-22-4-2-3-5-23(22)33-25/h2-9,12-15,20-21H,10-11,16H2,1H3,(H,28,31)/t20-,21+/m0/s1. The number of amides is 2. The molecule has 1 saturated carbocycles. The van der Waals surface area contributed by atoms with E-state index >= 15 is 0 Å². The monoisotopic (exact) mass is 440 g/mol. The molecule has 2 amide bonds. The highest BCUT2D eigenvalue weighted by Crippen LogP contribution is 2.27. The number of rotatable bonds is 5. The molecule has 2 aromatic heterocycles. The summed E-state index contributed by atoms with van der Waals surface area (Å²) >= 11 is 0. The maximum absolute atomic E-state index is 13.1. The fraction of sp³-hybridized carbons (Fsp3) is 0.231. The smallest absolute Gasteiger partial charge is 0.253 e. The molecule has 2 aromatic carbocycles. The van der Waals surface area contributed by atoms with Crippen LogP contribution in [-0.2, 0) is 0 Å². The summed E-state index contributed by atoms with van der Waals surface area (Å²) < 4.78 is 5.81. The summed E-state index contributed by atoms with van der Waals surface area (Å²) in [5.41, 5.74) is 3.57. The SMILES string of the molecule is CN(C(=O)c1ccc(-c2nc3ccccc3o2)cc1)[C@@H]1CC[C@H](NC(=O)c2ccncc2)C1. The Morgan fingerprint density at radius 1 is 0.970 bits per heavy atom. The van der Waals surface area contributed by atoms with Gasteiger partial charge in [-0.15, -0.1) is 0 Å². The highest BCUT2D eigenvalue weighted by atomic mass is 16.3. The molecule has 0 unspecified atom stereocenters. The van der Waals surface area contributed by atoms with E-state index in [1.807, 2.05) is 43.4 Å². The molecule has 4 aromatic rings. The van der Waals surface area contributed by atoms with Crippen LogP contribution in [0.2, 0.25) is 0 Å². The van der Waals surface area contributed by atoms with E-state index in [9.17, 15) is 9.59 Å². The maximum atomic E-state index is 13.1. The lowest BCUT2D eigenvalue weighted by Crippen LogP contribution is -2.38. The van der Waals surface area contributed by atoms with E-state index in [0.717, 1.165) is 35.9 Å². The number of pyridine rings is 1. The Kier molecular flexibility index (Phi) is 5.60. The molecule has 7 heteroatoms. The van der Waals surface area contributed by atoms with E-state index in [4.69, 9.17) is 4.42 Å². The number of benzene rings is 2. The molecule has 1 aliphatic carbocycles. The van der Waals surface area contributed by atoms with Crippen molar-refractivity contribution in [2.45, 2.75) is 31.3 Å². The van der Waals surface area contributed by atoms with Crippen LogP contribution in [0.5, 0.6) is 0 Å². The number of carbonyl (C=O) groups excluding carboxylic acids is 2. The lowest BCUT2D eigenvalue weighted by molar-refractivity contribution is 0.0733. The molecule has 0 bridgehead atoms. The number of nitrogens with zero attached hydrogens (tertiary/aromatic N) is 3. The Labute approximate surface area is 191 Å². The highest BCUT2D eigenvalue weighted by Gasteiger charge is 2.31. The van der Waals surface area contributed by atoms with Gasteiger partial charge in [0.1, 0.15) is 5.52 Å². The maximum Gasteiger partial charge on any atom is 0.253 e. The van der Waals surface area contributed by atoms with E-state index < -0.39 is 0 Å². The summed E-state index contributed by atoms with van der Waals surface area (Å²) in [5, 5.41) is 3.07. The second-order valence-electron chi connectivity index (χ2n) is 8.35. The van der Waals surface area contributed by atoms with Crippen LogP contribution in [0.4, 0.5) is 0 Å². The van der Waals surface area contributed by atoms with Gasteiger partial charge in [0.15, 0.2) is 5.58 Å². The first-order valence-electron chi connectivity index (χ1n) is 11.0. The van der Waals surface area contributed by atoms with Crippen LogP contribution < -0.4 is 5.32 Å². The first-order valence-corrected chi connectivity index (χ1v) is 11.0. The van der Waals surface area contributed by atoms with E-state index in [0.29, 0.717) is 17.0 Å². The molecule has 2 heterocycles. The van der Waals surface area contributed by atoms with Crippen LogP contribution in [0.1, 0.15) is 40.0 Å². The van der Waals surface area contributed by atoms with Gasteiger partial charge in [0.05, 0.1) is 0 Å². The third-order valence-electron chi connectivity index (χ3n) is 6.22. The fourth-order valence-electron chi connectivity index (χ4n) is 4.33. The van der Waals surface area contributed by atoms with Crippen molar-refractivity contribution in [2.24, 2.45) is 0 Å². The first-order chi connectivity index (χ1) is 16.1. The predicted octanol–water partition coefficient (Wildman–Crippen LogP) is 4.31. The molecule has 5 rings (SSSR count). The number of hydrogen-bond donors (Lipinski definition) is 1. The van der Waals surface area contributed by atoms with Gasteiger partial charge in [-0.1, -0.05) is 12.1 Å². The number of oxazole rings is 1. The average molecular weight is 441 g/mol. The van der Waals surface area contributed by atoms with Crippen LogP contribution in [-0.4, -0.2) is 45.8 Å². The second-order valence-corrected chi connectivity index (χ2v) is 8.35. The van der Waals surface area contributed by atoms with E-state index in [1.54, 1.807) is 41.6 Å². The Hall–Kier alpha value is -4.00. The van der Waals surface area contributed by atoms with Crippen molar-refractivity contribution in [2.75, 3.05) is 7.05 Å². The highest BCUT2D eigenvalue weighted by molar-refractivity contribution is 5.95. The first kappa shape index (κ1) is 20.9. The molecule has 7 nitrogen and oxygen atoms in total. The number of fused-ring (bicyclic) bond motifs is 1. The number of nitrogens with one attached hydrogen (secondary N) is 1. The molecule has 0 spiro atoms. The molecule has 0 radical (unpaired) electrons. The van der Waals surface area contributed by atoms with Crippen LogP contribution >= 0.6 is 0 Å². The Balaban J connectivity index is 1.22. The zero-order valence-corrected chi connectivity index (χ0v) is 18.3. The van der Waals surface area contributed by atoms with Crippen molar-refractivity contribution in [3.8, 4) is 11.5 Å². The van der Waals surface area contributed by atoms with Gasteiger partial charge in [-0.05, 0) is 67.8 Å². The zero-order valence-electron chi connectivity index (χ0n) is 18.3.